The first-order valence-electron chi connectivity index (χ1n) is 4.77. The van der Waals surface area contributed by atoms with E-state index in [4.69, 9.17) is 5.11 Å². The van der Waals surface area contributed by atoms with Crippen molar-refractivity contribution in [2.24, 2.45) is 0 Å². The van der Waals surface area contributed by atoms with E-state index >= 15 is 0 Å². The van der Waals surface area contributed by atoms with Crippen LogP contribution in [-0.4, -0.2) is 23.5 Å². The van der Waals surface area contributed by atoms with Gasteiger partial charge in [0.2, 0.25) is 5.91 Å². The molecule has 0 atom stereocenters. The molecule has 0 saturated carbocycles. The predicted octanol–water partition coefficient (Wildman–Crippen LogP) is 0.788. The molecule has 0 aromatic heterocycles. The second-order valence-electron chi connectivity index (χ2n) is 3.08. The zero-order valence-corrected chi connectivity index (χ0v) is 8.81. The lowest BCUT2D eigenvalue weighted by atomic mass is 10.2. The van der Waals surface area contributed by atoms with E-state index in [-0.39, 0.29) is 12.2 Å². The molecular weight excluding hydrogens is 227 g/mol. The molecule has 3 N–H and O–H groups in total. The molecule has 6 heteroatoms. The first-order valence-corrected chi connectivity index (χ1v) is 4.77. The van der Waals surface area contributed by atoms with Crippen LogP contribution < -0.4 is 10.9 Å². The van der Waals surface area contributed by atoms with Crippen molar-refractivity contribution in [3.8, 4) is 0 Å². The summed E-state index contributed by atoms with van der Waals surface area (Å²) >= 11 is 0. The van der Waals surface area contributed by atoms with E-state index in [9.17, 15) is 14.1 Å². The maximum Gasteiger partial charge on any atom is 0.278 e. The van der Waals surface area contributed by atoms with Crippen molar-refractivity contribution in [1.29, 1.82) is 0 Å². The average molecular weight is 238 g/mol. The number of hydrogen-bond donors (Lipinski definition) is 3. The van der Waals surface area contributed by atoms with Crippen LogP contribution in [-0.2, 0) is 4.79 Å². The van der Waals surface area contributed by atoms with Gasteiger partial charge in [-0.3, -0.25) is 9.59 Å². The Balaban J connectivity index is 2.65. The van der Waals surface area contributed by atoms with Crippen molar-refractivity contribution in [3.05, 3.63) is 42.0 Å². The number of anilines is 1. The van der Waals surface area contributed by atoms with Crippen molar-refractivity contribution in [1.82, 2.24) is 5.54 Å². The number of rotatable bonds is 4. The van der Waals surface area contributed by atoms with Crippen LogP contribution in [0.25, 0.3) is 0 Å². The molecule has 2 amide bonds. The van der Waals surface area contributed by atoms with Gasteiger partial charge >= 0.3 is 0 Å². The van der Waals surface area contributed by atoms with Crippen LogP contribution in [0.15, 0.2) is 36.4 Å². The lowest BCUT2D eigenvalue weighted by Gasteiger charge is -2.02. The van der Waals surface area contributed by atoms with E-state index in [0.717, 1.165) is 5.54 Å². The Labute approximate surface area is 96.9 Å². The molecule has 90 valence electrons. The minimum atomic E-state index is -0.844. The zero-order chi connectivity index (χ0) is 12.7. The van der Waals surface area contributed by atoms with Crippen LogP contribution in [0.1, 0.15) is 10.4 Å². The van der Waals surface area contributed by atoms with Crippen molar-refractivity contribution in [3.63, 3.8) is 0 Å². The Morgan fingerprint density at radius 2 is 1.94 bits per heavy atom. The van der Waals surface area contributed by atoms with E-state index in [1.807, 2.05) is 0 Å². The number of nitrogens with one attached hydrogen (secondary N) is 2. The number of amides is 2. The van der Waals surface area contributed by atoms with Gasteiger partial charge in [0, 0.05) is 17.3 Å². The number of aliphatic hydroxyl groups excluding tert-OH is 1. The molecule has 0 unspecified atom stereocenters. The summed E-state index contributed by atoms with van der Waals surface area (Å²) in [5, 5.41) is 11.0. The Bertz CT molecular complexity index is 429. The van der Waals surface area contributed by atoms with E-state index in [2.05, 4.69) is 5.32 Å². The molecule has 0 aliphatic rings. The number of carbonyl (C=O) groups excluding carboxylic acids is 2. The molecule has 1 aromatic carbocycles. The minimum Gasteiger partial charge on any atom is -0.392 e. The molecule has 0 aliphatic carbocycles. The normalized spacial score (nSPS) is 10.2. The second kappa shape index (κ2) is 6.39. The summed E-state index contributed by atoms with van der Waals surface area (Å²) in [7, 11) is 0. The van der Waals surface area contributed by atoms with Crippen LogP contribution in [0.3, 0.4) is 0 Å². The number of benzene rings is 1. The highest BCUT2D eigenvalue weighted by Crippen LogP contribution is 2.09. The maximum absolute atomic E-state index is 11.8. The highest BCUT2D eigenvalue weighted by atomic mass is 19.2. The van der Waals surface area contributed by atoms with Crippen LogP contribution in [0, 0.1) is 0 Å². The van der Waals surface area contributed by atoms with Crippen molar-refractivity contribution in [2.75, 3.05) is 11.9 Å². The fourth-order valence-electron chi connectivity index (χ4n) is 1.10. The minimum absolute atomic E-state index is 0.149. The standard InChI is InChI=1S/C11H11FN2O3/c12-14-11(17)8-3-5-9(6-4-8)13-10(16)2-1-7-15/h1-6,15H,7H2,(H,13,16)(H,14,17)/b2-1+. The van der Waals surface area contributed by atoms with E-state index in [0.29, 0.717) is 5.69 Å². The maximum atomic E-state index is 11.8. The third kappa shape index (κ3) is 4.04. The van der Waals surface area contributed by atoms with Crippen LogP contribution >= 0.6 is 0 Å². The van der Waals surface area contributed by atoms with Gasteiger partial charge in [-0.2, -0.15) is 5.54 Å². The average Bonchev–Trinajstić information content (AvgIpc) is 2.36. The second-order valence-corrected chi connectivity index (χ2v) is 3.08. The van der Waals surface area contributed by atoms with Crippen molar-refractivity contribution < 1.29 is 19.2 Å². The summed E-state index contributed by atoms with van der Waals surface area (Å²) in [5.41, 5.74) is 1.62. The molecule has 0 fully saturated rings. The zero-order valence-electron chi connectivity index (χ0n) is 8.81. The Kier molecular flexibility index (Phi) is 4.83. The fraction of sp³-hybridized carbons (Fsp3) is 0.0909. The highest BCUT2D eigenvalue weighted by Gasteiger charge is 2.04. The van der Waals surface area contributed by atoms with E-state index < -0.39 is 11.8 Å². The van der Waals surface area contributed by atoms with Gasteiger partial charge < -0.3 is 10.4 Å². The van der Waals surface area contributed by atoms with Gasteiger partial charge in [0.25, 0.3) is 5.91 Å². The van der Waals surface area contributed by atoms with Gasteiger partial charge in [-0.15, -0.1) is 0 Å². The summed E-state index contributed by atoms with van der Waals surface area (Å²) in [6, 6.07) is 5.69. The third-order valence-electron chi connectivity index (χ3n) is 1.88. The number of carbonyl (C=O) groups is 2. The van der Waals surface area contributed by atoms with E-state index in [1.165, 1.54) is 36.4 Å². The molecule has 1 rings (SSSR count). The summed E-state index contributed by atoms with van der Waals surface area (Å²) in [6.07, 6.45) is 2.47. The summed E-state index contributed by atoms with van der Waals surface area (Å²) < 4.78 is 11.8. The largest absolute Gasteiger partial charge is 0.392 e. The predicted molar refractivity (Wildman–Crippen MR) is 59.9 cm³/mol. The molecule has 0 spiro atoms. The first kappa shape index (κ1) is 12.9. The molecule has 0 saturated heterocycles. The highest BCUT2D eigenvalue weighted by molar-refractivity contribution is 6.00. The van der Waals surface area contributed by atoms with Gasteiger partial charge in [0.1, 0.15) is 0 Å². The number of halogens is 1. The molecule has 0 bridgehead atoms. The topological polar surface area (TPSA) is 78.4 Å². The Morgan fingerprint density at radius 3 is 2.47 bits per heavy atom. The molecule has 0 heterocycles. The summed E-state index contributed by atoms with van der Waals surface area (Å²) in [6.45, 7) is -0.219. The lowest BCUT2D eigenvalue weighted by molar-refractivity contribution is -0.111. The first-order chi connectivity index (χ1) is 8.17. The Hall–Kier alpha value is -2.21. The van der Waals surface area contributed by atoms with Crippen molar-refractivity contribution >= 4 is 17.5 Å². The van der Waals surface area contributed by atoms with Gasteiger partial charge in [-0.1, -0.05) is 10.6 Å². The van der Waals surface area contributed by atoms with Crippen LogP contribution in [0.4, 0.5) is 10.2 Å². The van der Waals surface area contributed by atoms with Crippen LogP contribution in [0.2, 0.25) is 0 Å². The molecule has 0 radical (unpaired) electrons. The van der Waals surface area contributed by atoms with Gasteiger partial charge in [0.05, 0.1) is 6.61 Å². The Morgan fingerprint density at radius 1 is 1.29 bits per heavy atom. The third-order valence-corrected chi connectivity index (χ3v) is 1.88. The quantitative estimate of drug-likeness (QED) is 0.536. The molecule has 17 heavy (non-hydrogen) atoms. The molecule has 0 aliphatic heterocycles. The molecule has 5 nitrogen and oxygen atoms in total. The van der Waals surface area contributed by atoms with Crippen LogP contribution in [0.5, 0.6) is 0 Å². The van der Waals surface area contributed by atoms with Gasteiger partial charge in [0.15, 0.2) is 0 Å². The van der Waals surface area contributed by atoms with E-state index in [1.54, 1.807) is 0 Å². The van der Waals surface area contributed by atoms with Gasteiger partial charge in [-0.25, -0.2) is 0 Å². The SMILES string of the molecule is O=C(/C=C/CO)Nc1ccc(C(=O)NF)cc1. The van der Waals surface area contributed by atoms with Crippen molar-refractivity contribution in [2.45, 2.75) is 0 Å². The summed E-state index contributed by atoms with van der Waals surface area (Å²) in [4.78, 5) is 22.1. The molecular formula is C11H11FN2O3. The number of hydrogen-bond acceptors (Lipinski definition) is 3. The monoisotopic (exact) mass is 238 g/mol. The fourth-order valence-corrected chi connectivity index (χ4v) is 1.10. The summed E-state index contributed by atoms with van der Waals surface area (Å²) in [5.74, 6) is -1.25. The molecule has 1 aromatic rings. The number of aliphatic hydroxyl groups is 1. The van der Waals surface area contributed by atoms with Gasteiger partial charge in [-0.05, 0) is 24.3 Å². The smallest absolute Gasteiger partial charge is 0.278 e. The lowest BCUT2D eigenvalue weighted by Crippen LogP contribution is -2.13.